The van der Waals surface area contributed by atoms with Gasteiger partial charge in [0.15, 0.2) is 0 Å². The van der Waals surface area contributed by atoms with E-state index in [9.17, 15) is 4.79 Å². The van der Waals surface area contributed by atoms with E-state index in [0.29, 0.717) is 5.82 Å². The van der Waals surface area contributed by atoms with E-state index in [1.54, 1.807) is 12.4 Å². The molecule has 7 heteroatoms. The highest BCUT2D eigenvalue weighted by Crippen LogP contribution is 2.16. The van der Waals surface area contributed by atoms with Crippen molar-refractivity contribution in [3.63, 3.8) is 0 Å². The smallest absolute Gasteiger partial charge is 0.271 e. The van der Waals surface area contributed by atoms with E-state index in [-0.39, 0.29) is 22.4 Å². The van der Waals surface area contributed by atoms with Gasteiger partial charge < -0.3 is 10.3 Å². The molecule has 88 valence electrons. The number of nitrogens with zero attached hydrogens (tertiary/aromatic N) is 2. The van der Waals surface area contributed by atoms with Gasteiger partial charge in [-0.05, 0) is 12.1 Å². The zero-order valence-corrected chi connectivity index (χ0v) is 10.1. The van der Waals surface area contributed by atoms with Crippen LogP contribution in [-0.4, -0.2) is 20.9 Å². The molecule has 17 heavy (non-hydrogen) atoms. The molecule has 0 bridgehead atoms. The van der Waals surface area contributed by atoms with Crippen LogP contribution in [0.2, 0.25) is 10.2 Å². The van der Waals surface area contributed by atoms with Crippen molar-refractivity contribution in [2.45, 2.75) is 6.54 Å². The summed E-state index contributed by atoms with van der Waals surface area (Å²) in [6.07, 6.45) is 3.28. The quantitative estimate of drug-likeness (QED) is 0.839. The first-order chi connectivity index (χ1) is 8.16. The minimum absolute atomic E-state index is 0.103. The van der Waals surface area contributed by atoms with E-state index >= 15 is 0 Å². The molecule has 0 radical (unpaired) electrons. The largest absolute Gasteiger partial charge is 0.347 e. The summed E-state index contributed by atoms with van der Waals surface area (Å²) in [6.45, 7) is 0.274. The van der Waals surface area contributed by atoms with Gasteiger partial charge in [-0.1, -0.05) is 23.2 Å². The van der Waals surface area contributed by atoms with Crippen LogP contribution in [0, 0.1) is 0 Å². The van der Waals surface area contributed by atoms with Crippen molar-refractivity contribution in [1.29, 1.82) is 0 Å². The third-order valence-electron chi connectivity index (χ3n) is 2.00. The van der Waals surface area contributed by atoms with Crippen LogP contribution in [0.25, 0.3) is 0 Å². The summed E-state index contributed by atoms with van der Waals surface area (Å²) in [5, 5.41) is 3.11. The van der Waals surface area contributed by atoms with Gasteiger partial charge in [-0.15, -0.1) is 0 Å². The Kier molecular flexibility index (Phi) is 3.61. The van der Waals surface area contributed by atoms with E-state index in [0.717, 1.165) is 0 Å². The fourth-order valence-corrected chi connectivity index (χ4v) is 1.56. The third-order valence-corrected chi connectivity index (χ3v) is 2.51. The van der Waals surface area contributed by atoms with E-state index in [4.69, 9.17) is 23.2 Å². The summed E-state index contributed by atoms with van der Waals surface area (Å²) < 4.78 is 0. The average Bonchev–Trinajstić information content (AvgIpc) is 2.82. The number of halogens is 2. The minimum atomic E-state index is -0.395. The van der Waals surface area contributed by atoms with Crippen LogP contribution >= 0.6 is 23.2 Å². The summed E-state index contributed by atoms with van der Waals surface area (Å²) in [7, 11) is 0. The lowest BCUT2D eigenvalue weighted by molar-refractivity contribution is 0.0945. The van der Waals surface area contributed by atoms with E-state index in [2.05, 4.69) is 20.3 Å². The third kappa shape index (κ3) is 2.95. The molecule has 1 amide bonds. The Bertz CT molecular complexity index is 527. The van der Waals surface area contributed by atoms with Gasteiger partial charge in [0.05, 0.1) is 11.6 Å². The molecule has 0 aliphatic heterocycles. The van der Waals surface area contributed by atoms with Crippen LogP contribution in [0.4, 0.5) is 0 Å². The van der Waals surface area contributed by atoms with E-state index in [1.165, 1.54) is 12.1 Å². The number of carbonyl (C=O) groups is 1. The zero-order valence-electron chi connectivity index (χ0n) is 8.58. The normalized spacial score (nSPS) is 10.2. The number of H-pyrrole nitrogens is 1. The highest BCUT2D eigenvalue weighted by Gasteiger charge is 2.12. The molecule has 5 nitrogen and oxygen atoms in total. The van der Waals surface area contributed by atoms with Crippen molar-refractivity contribution in [3.8, 4) is 0 Å². The fraction of sp³-hybridized carbons (Fsp3) is 0.100. The molecule has 2 heterocycles. The lowest BCUT2D eigenvalue weighted by atomic mass is 10.3. The number of aromatic amines is 1. The first-order valence-corrected chi connectivity index (χ1v) is 5.51. The molecule has 0 atom stereocenters. The van der Waals surface area contributed by atoms with Crippen molar-refractivity contribution < 1.29 is 4.79 Å². The van der Waals surface area contributed by atoms with Gasteiger partial charge in [-0.25, -0.2) is 9.97 Å². The summed E-state index contributed by atoms with van der Waals surface area (Å²) in [4.78, 5) is 22.5. The number of carbonyl (C=O) groups excluding carboxylic acids is 1. The predicted octanol–water partition coefficient (Wildman–Crippen LogP) is 2.04. The number of imidazole rings is 1. The number of rotatable bonds is 3. The Morgan fingerprint density at radius 3 is 2.94 bits per heavy atom. The van der Waals surface area contributed by atoms with Crippen molar-refractivity contribution >= 4 is 29.1 Å². The summed E-state index contributed by atoms with van der Waals surface area (Å²) in [5.41, 5.74) is 0.103. The molecular weight excluding hydrogens is 263 g/mol. The van der Waals surface area contributed by atoms with Crippen LogP contribution in [0.1, 0.15) is 16.3 Å². The summed E-state index contributed by atoms with van der Waals surface area (Å²) in [6, 6.07) is 3.05. The van der Waals surface area contributed by atoms with Gasteiger partial charge in [-0.2, -0.15) is 0 Å². The Balaban J connectivity index is 2.07. The maximum Gasteiger partial charge on any atom is 0.271 e. The molecule has 0 aromatic carbocycles. The Morgan fingerprint density at radius 2 is 2.24 bits per heavy atom. The Morgan fingerprint density at radius 1 is 1.41 bits per heavy atom. The average molecular weight is 271 g/mol. The molecule has 2 aromatic heterocycles. The highest BCUT2D eigenvalue weighted by atomic mass is 35.5. The van der Waals surface area contributed by atoms with Gasteiger partial charge >= 0.3 is 0 Å². The molecular formula is C10H8Cl2N4O. The van der Waals surface area contributed by atoms with Crippen molar-refractivity contribution in [2.75, 3.05) is 0 Å². The first-order valence-electron chi connectivity index (χ1n) is 4.75. The minimum Gasteiger partial charge on any atom is -0.347 e. The summed E-state index contributed by atoms with van der Waals surface area (Å²) in [5.74, 6) is 0.255. The molecule has 0 saturated carbocycles. The maximum absolute atomic E-state index is 11.8. The first kappa shape index (κ1) is 11.9. The van der Waals surface area contributed by atoms with Gasteiger partial charge in [0.2, 0.25) is 0 Å². The number of hydrogen-bond acceptors (Lipinski definition) is 3. The number of hydrogen-bond donors (Lipinski definition) is 2. The molecule has 0 spiro atoms. The monoisotopic (exact) mass is 270 g/mol. The summed E-state index contributed by atoms with van der Waals surface area (Å²) >= 11 is 11.5. The molecule has 2 rings (SSSR count). The second-order valence-corrected chi connectivity index (χ2v) is 3.98. The molecule has 2 aromatic rings. The number of amides is 1. The molecule has 0 fully saturated rings. The van der Waals surface area contributed by atoms with Crippen LogP contribution in [-0.2, 0) is 6.54 Å². The van der Waals surface area contributed by atoms with Crippen LogP contribution in [0.15, 0.2) is 24.5 Å². The molecule has 0 aliphatic rings. The standard InChI is InChI=1S/C10H8Cl2N4O/c11-6-1-2-7(12)16-9(6)10(17)15-5-8-13-3-4-14-8/h1-4H,5H2,(H,13,14)(H,15,17). The molecule has 2 N–H and O–H groups in total. The topological polar surface area (TPSA) is 70.7 Å². The highest BCUT2D eigenvalue weighted by molar-refractivity contribution is 6.34. The van der Waals surface area contributed by atoms with Crippen molar-refractivity contribution in [2.24, 2.45) is 0 Å². The Labute approximate surface area is 107 Å². The fourth-order valence-electron chi connectivity index (χ4n) is 1.22. The van der Waals surface area contributed by atoms with Gasteiger partial charge in [0.25, 0.3) is 5.91 Å². The molecule has 0 saturated heterocycles. The zero-order chi connectivity index (χ0) is 12.3. The van der Waals surface area contributed by atoms with E-state index < -0.39 is 5.91 Å². The van der Waals surface area contributed by atoms with Gasteiger partial charge in [0, 0.05) is 12.4 Å². The maximum atomic E-state index is 11.8. The van der Waals surface area contributed by atoms with Crippen LogP contribution < -0.4 is 5.32 Å². The second kappa shape index (κ2) is 5.16. The molecule has 0 aliphatic carbocycles. The second-order valence-electron chi connectivity index (χ2n) is 3.18. The van der Waals surface area contributed by atoms with Crippen molar-refractivity contribution in [1.82, 2.24) is 20.3 Å². The predicted molar refractivity (Wildman–Crippen MR) is 64.0 cm³/mol. The lowest BCUT2D eigenvalue weighted by Crippen LogP contribution is -2.24. The SMILES string of the molecule is O=C(NCc1ncc[nH]1)c1nc(Cl)ccc1Cl. The van der Waals surface area contributed by atoms with Gasteiger partial charge in [0.1, 0.15) is 16.7 Å². The lowest BCUT2D eigenvalue weighted by Gasteiger charge is -2.04. The number of nitrogens with one attached hydrogen (secondary N) is 2. The number of aromatic nitrogens is 3. The van der Waals surface area contributed by atoms with Crippen LogP contribution in [0.5, 0.6) is 0 Å². The van der Waals surface area contributed by atoms with E-state index in [1.807, 2.05) is 0 Å². The Hall–Kier alpha value is -1.59. The van der Waals surface area contributed by atoms with Gasteiger partial charge in [-0.3, -0.25) is 4.79 Å². The van der Waals surface area contributed by atoms with Crippen molar-refractivity contribution in [3.05, 3.63) is 46.2 Å². The number of pyridine rings is 1. The molecule has 0 unspecified atom stereocenters. The van der Waals surface area contributed by atoms with Crippen LogP contribution in [0.3, 0.4) is 0 Å².